The molecular formula is C40H35N5O7. The van der Waals surface area contributed by atoms with Crippen LogP contribution in [0, 0.1) is 0 Å². The van der Waals surface area contributed by atoms with E-state index in [2.05, 4.69) is 57.6 Å². The van der Waals surface area contributed by atoms with E-state index in [0.717, 1.165) is 60.3 Å². The molecule has 3 amide bonds. The molecule has 12 heteroatoms. The Morgan fingerprint density at radius 2 is 1.60 bits per heavy atom. The van der Waals surface area contributed by atoms with Gasteiger partial charge >= 0.3 is 5.97 Å². The predicted octanol–water partition coefficient (Wildman–Crippen LogP) is 5.49. The van der Waals surface area contributed by atoms with Crippen LogP contribution < -0.4 is 5.32 Å². The molecule has 0 spiro atoms. The molecule has 6 heterocycles. The van der Waals surface area contributed by atoms with Crippen molar-refractivity contribution in [1.82, 2.24) is 24.4 Å². The first-order valence-corrected chi connectivity index (χ1v) is 17.6. The summed E-state index contributed by atoms with van der Waals surface area (Å²) >= 11 is 0. The minimum Gasteiger partial charge on any atom is -0.375 e. The average molecular weight is 698 g/mol. The average Bonchev–Trinajstić information content (AvgIpc) is 3.87. The van der Waals surface area contributed by atoms with Crippen LogP contribution >= 0.6 is 0 Å². The Balaban J connectivity index is 1.09. The monoisotopic (exact) mass is 697 g/mol. The molecule has 4 atom stereocenters. The number of likely N-dealkylation sites (N-methyl/N-ethyl adjacent to an activating group) is 1. The maximum atomic E-state index is 13.6. The van der Waals surface area contributed by atoms with Gasteiger partial charge in [-0.25, -0.2) is 4.79 Å². The van der Waals surface area contributed by atoms with Gasteiger partial charge in [0.05, 0.1) is 33.2 Å². The molecule has 10 rings (SSSR count). The van der Waals surface area contributed by atoms with Crippen LogP contribution in [0.5, 0.6) is 0 Å². The summed E-state index contributed by atoms with van der Waals surface area (Å²) in [5, 5.41) is 7.79. The smallest absolute Gasteiger partial charge is 0.363 e. The van der Waals surface area contributed by atoms with Crippen LogP contribution in [0.4, 0.5) is 0 Å². The van der Waals surface area contributed by atoms with E-state index in [4.69, 9.17) is 14.3 Å². The molecule has 12 nitrogen and oxygen atoms in total. The fourth-order valence-electron chi connectivity index (χ4n) is 9.39. The first kappa shape index (κ1) is 31.2. The minimum atomic E-state index is -0.951. The second kappa shape index (κ2) is 11.0. The number of aromatic nitrogens is 2. The number of imide groups is 1. The number of carbonyl (C=O) groups is 4. The second-order valence-electron chi connectivity index (χ2n) is 14.4. The summed E-state index contributed by atoms with van der Waals surface area (Å²) in [6.45, 7) is 3.11. The highest BCUT2D eigenvalue weighted by molar-refractivity contribution is 6.31. The van der Waals surface area contributed by atoms with Crippen molar-refractivity contribution < 1.29 is 33.5 Å². The Kier molecular flexibility index (Phi) is 6.58. The zero-order valence-electron chi connectivity index (χ0n) is 28.8. The van der Waals surface area contributed by atoms with Crippen molar-refractivity contribution in [3.05, 3.63) is 95.1 Å². The SMILES string of the molecule is CO[C@@H]1[C@H](N(C)Cc2ccc(C(=O)ON3C(=O)CCC3=O)cc2)C[C@H]2O[C@]1(C)n1c3ccccc3c3c4c(c5c6ccccc6n2c5c31)C(=O)NC4. The van der Waals surface area contributed by atoms with Gasteiger partial charge in [-0.3, -0.25) is 19.3 Å². The van der Waals surface area contributed by atoms with E-state index in [0.29, 0.717) is 24.6 Å². The van der Waals surface area contributed by atoms with E-state index in [1.54, 1.807) is 19.2 Å². The van der Waals surface area contributed by atoms with Crippen LogP contribution in [0.25, 0.3) is 43.6 Å². The van der Waals surface area contributed by atoms with Crippen LogP contribution in [0.1, 0.15) is 64.3 Å². The standard InChI is InChI=1S/C40H35N5O7/c1-40-37(50-3)28(42(2)20-21-12-14-22(15-13-21)39(49)52-45-29(46)16-17-30(45)47)18-31(51-40)43-26-10-6-4-8-23(26)33-34-25(19-41-38(34)48)32-24-9-5-7-11-27(24)44(40)36(32)35(33)43/h4-15,28,31,37H,16-20H2,1-3H3,(H,41,48)/t28-,31-,37-,40+/m1/s1. The molecule has 0 radical (unpaired) electrons. The molecule has 0 saturated carbocycles. The van der Waals surface area contributed by atoms with Gasteiger partial charge in [0.15, 0.2) is 5.72 Å². The number of ether oxygens (including phenoxy) is 2. The van der Waals surface area contributed by atoms with E-state index >= 15 is 0 Å². The summed E-state index contributed by atoms with van der Waals surface area (Å²) < 4.78 is 18.4. The van der Waals surface area contributed by atoms with E-state index in [-0.39, 0.29) is 36.6 Å². The van der Waals surface area contributed by atoms with Gasteiger partial charge in [-0.15, -0.1) is 5.06 Å². The second-order valence-corrected chi connectivity index (χ2v) is 14.4. The number of nitrogens with one attached hydrogen (secondary N) is 1. The van der Waals surface area contributed by atoms with Gasteiger partial charge in [0.25, 0.3) is 17.7 Å². The van der Waals surface area contributed by atoms with Crippen molar-refractivity contribution >= 4 is 67.3 Å². The van der Waals surface area contributed by atoms with E-state index in [1.807, 2.05) is 36.4 Å². The number of amides is 3. The van der Waals surface area contributed by atoms with Crippen molar-refractivity contribution in [2.45, 2.75) is 63.4 Å². The van der Waals surface area contributed by atoms with Gasteiger partial charge < -0.3 is 28.8 Å². The van der Waals surface area contributed by atoms with Crippen molar-refractivity contribution in [3.8, 4) is 0 Å². The lowest BCUT2D eigenvalue weighted by Gasteiger charge is -2.50. The maximum Gasteiger partial charge on any atom is 0.363 e. The Bertz CT molecular complexity index is 2550. The fourth-order valence-corrected chi connectivity index (χ4v) is 9.39. The highest BCUT2D eigenvalue weighted by Crippen LogP contribution is 2.54. The molecule has 2 fully saturated rings. The zero-order valence-corrected chi connectivity index (χ0v) is 28.8. The van der Waals surface area contributed by atoms with Gasteiger partial charge in [0.2, 0.25) is 0 Å². The van der Waals surface area contributed by atoms with Crippen LogP contribution in [0.3, 0.4) is 0 Å². The molecule has 4 aliphatic heterocycles. The summed E-state index contributed by atoms with van der Waals surface area (Å²) in [6, 6.07) is 23.5. The third kappa shape index (κ3) is 4.08. The topological polar surface area (TPSA) is 124 Å². The maximum absolute atomic E-state index is 13.6. The normalized spacial score (nSPS) is 23.8. The van der Waals surface area contributed by atoms with Crippen LogP contribution in [-0.4, -0.2) is 69.1 Å². The third-order valence-electron chi connectivity index (χ3n) is 11.6. The first-order valence-electron chi connectivity index (χ1n) is 17.6. The van der Waals surface area contributed by atoms with Crippen molar-refractivity contribution in [2.75, 3.05) is 14.2 Å². The number of fused-ring (bicyclic) bond motifs is 13. The molecule has 4 aromatic carbocycles. The summed E-state index contributed by atoms with van der Waals surface area (Å²) in [6.07, 6.45) is -0.114. The van der Waals surface area contributed by atoms with Gasteiger partial charge in [-0.2, -0.15) is 0 Å². The summed E-state index contributed by atoms with van der Waals surface area (Å²) in [5.74, 6) is -1.85. The number of para-hydroxylation sites is 2. The van der Waals surface area contributed by atoms with Crippen molar-refractivity contribution in [1.29, 1.82) is 0 Å². The van der Waals surface area contributed by atoms with Gasteiger partial charge in [0.1, 0.15) is 12.3 Å². The highest BCUT2D eigenvalue weighted by Gasteiger charge is 2.54. The molecule has 2 bridgehead atoms. The first-order chi connectivity index (χ1) is 25.2. The summed E-state index contributed by atoms with van der Waals surface area (Å²) in [5.41, 5.74) is 6.05. The van der Waals surface area contributed by atoms with Crippen LogP contribution in [0.15, 0.2) is 72.8 Å². The molecular weight excluding hydrogens is 662 g/mol. The summed E-state index contributed by atoms with van der Waals surface area (Å²) in [7, 11) is 3.81. The fraction of sp³-hybridized carbons (Fsp3) is 0.300. The Hall–Kier alpha value is -5.56. The minimum absolute atomic E-state index is 0.0359. The molecule has 0 unspecified atom stereocenters. The summed E-state index contributed by atoms with van der Waals surface area (Å²) in [4.78, 5) is 57.7. The largest absolute Gasteiger partial charge is 0.375 e. The third-order valence-corrected chi connectivity index (χ3v) is 11.6. The Morgan fingerprint density at radius 3 is 2.31 bits per heavy atom. The Labute approximate surface area is 297 Å². The van der Waals surface area contributed by atoms with Gasteiger partial charge in [-0.1, -0.05) is 48.5 Å². The number of benzene rings is 4. The lowest BCUT2D eigenvalue weighted by atomic mass is 9.91. The van der Waals surface area contributed by atoms with Gasteiger partial charge in [-0.05, 0) is 49.4 Å². The number of nitrogens with zero attached hydrogens (tertiary/aromatic N) is 4. The van der Waals surface area contributed by atoms with E-state index in [9.17, 15) is 19.2 Å². The molecule has 4 aliphatic rings. The lowest BCUT2D eigenvalue weighted by Crippen LogP contribution is -2.60. The number of hydroxylamine groups is 2. The number of methoxy groups -OCH3 is 1. The number of hydrogen-bond donors (Lipinski definition) is 1. The number of rotatable bonds is 6. The zero-order chi connectivity index (χ0) is 35.6. The quantitative estimate of drug-likeness (QED) is 0.227. The van der Waals surface area contributed by atoms with Crippen LogP contribution in [-0.2, 0) is 42.7 Å². The molecule has 262 valence electrons. The number of carbonyl (C=O) groups excluding carboxylic acids is 4. The van der Waals surface area contributed by atoms with E-state index < -0.39 is 29.6 Å². The van der Waals surface area contributed by atoms with Crippen LogP contribution in [0.2, 0.25) is 0 Å². The Morgan fingerprint density at radius 1 is 0.923 bits per heavy atom. The molecule has 2 aromatic heterocycles. The molecule has 0 aliphatic carbocycles. The van der Waals surface area contributed by atoms with Crippen molar-refractivity contribution in [3.63, 3.8) is 0 Å². The van der Waals surface area contributed by atoms with Crippen molar-refractivity contribution in [2.24, 2.45) is 0 Å². The lowest BCUT2D eigenvalue weighted by molar-refractivity contribution is -0.268. The molecule has 52 heavy (non-hydrogen) atoms. The van der Waals surface area contributed by atoms with Gasteiger partial charge in [0, 0.05) is 67.0 Å². The molecule has 6 aromatic rings. The molecule has 2 saturated heterocycles. The van der Waals surface area contributed by atoms with E-state index in [1.165, 1.54) is 0 Å². The molecule has 1 N–H and O–H groups in total. The predicted molar refractivity (Wildman–Crippen MR) is 191 cm³/mol. The number of hydrogen-bond acceptors (Lipinski definition) is 8. The highest BCUT2D eigenvalue weighted by atomic mass is 16.7.